The molecule has 0 radical (unpaired) electrons. The summed E-state index contributed by atoms with van der Waals surface area (Å²) in [4.78, 5) is 0. The Bertz CT molecular complexity index is 915. The molecule has 0 aromatic rings. The Hall–Kier alpha value is 0. The average molecular weight is 982 g/mol. The van der Waals surface area contributed by atoms with Gasteiger partial charge in [0.05, 0.1) is 0 Å². The smallest absolute Gasteiger partial charge is 0.0389 e. The second kappa shape index (κ2) is 38.5. The van der Waals surface area contributed by atoms with Crippen LogP contribution in [0.4, 0.5) is 0 Å². The third-order valence-electron chi connectivity index (χ3n) is 20.4. The van der Waals surface area contributed by atoms with Crippen molar-refractivity contribution in [2.45, 2.75) is 325 Å². The summed E-state index contributed by atoms with van der Waals surface area (Å²) in [6.07, 6.45) is 41.5. The highest BCUT2D eigenvalue weighted by atomic mass is 14.3. The van der Waals surface area contributed by atoms with Crippen molar-refractivity contribution >= 4 is 0 Å². The van der Waals surface area contributed by atoms with Gasteiger partial charge in [0.25, 0.3) is 0 Å². The third kappa shape index (κ3) is 31.8. The van der Waals surface area contributed by atoms with E-state index in [1.165, 1.54) is 180 Å². The molecule has 0 aromatic carbocycles. The van der Waals surface area contributed by atoms with Gasteiger partial charge in [0, 0.05) is 0 Å². The predicted molar refractivity (Wildman–Crippen MR) is 322 cm³/mol. The Morgan fingerprint density at radius 2 is 0.271 bits per heavy atom. The summed E-state index contributed by atoms with van der Waals surface area (Å²) in [6, 6.07) is 0. The Labute approximate surface area is 447 Å². The molecule has 7 rings (SSSR count). The van der Waals surface area contributed by atoms with Crippen LogP contribution in [0.15, 0.2) is 0 Å². The average Bonchev–Trinajstić information content (AvgIpc) is 3.30. The van der Waals surface area contributed by atoms with Crippen molar-refractivity contribution in [3.05, 3.63) is 0 Å². The molecule has 0 aliphatic heterocycles. The maximum Gasteiger partial charge on any atom is -0.0389 e. The summed E-state index contributed by atoms with van der Waals surface area (Å²) in [5, 5.41) is 0. The largest absolute Gasteiger partial charge is 0.0625 e. The number of rotatable bonds is 7. The summed E-state index contributed by atoms with van der Waals surface area (Å²) >= 11 is 0. The van der Waals surface area contributed by atoms with Gasteiger partial charge < -0.3 is 0 Å². The van der Waals surface area contributed by atoms with Gasteiger partial charge in [0.1, 0.15) is 0 Å². The Morgan fingerprint density at radius 1 is 0.171 bits per heavy atom. The maximum atomic E-state index is 2.40. The lowest BCUT2D eigenvalue weighted by atomic mass is 9.77. The summed E-state index contributed by atoms with van der Waals surface area (Å²) in [5.41, 5.74) is 0. The molecule has 0 heterocycles. The molecule has 7 saturated carbocycles. The quantitative estimate of drug-likeness (QED) is 0.238. The van der Waals surface area contributed by atoms with Crippen LogP contribution in [0.3, 0.4) is 0 Å². The van der Waals surface area contributed by atoms with Crippen LogP contribution in [-0.2, 0) is 0 Å². The Morgan fingerprint density at radius 3 is 0.329 bits per heavy atom. The standard InChI is InChI=1S/7C10H20/c7*1-8(2)10-6-4-5-9(3)7-10/h7*8-10H,4-7H2,1-3H3/t2*9?,10-;2*9-,10+;2*9-,10-;/m101010./s1. The fourth-order valence-corrected chi connectivity index (χ4v) is 14.6. The van der Waals surface area contributed by atoms with Gasteiger partial charge in [0.2, 0.25) is 0 Å². The first-order valence-electron chi connectivity index (χ1n) is 32.9. The number of hydrogen-bond donors (Lipinski definition) is 0. The van der Waals surface area contributed by atoms with Gasteiger partial charge in [-0.25, -0.2) is 0 Å². The first-order chi connectivity index (χ1) is 32.9. The minimum Gasteiger partial charge on any atom is -0.0625 e. The topological polar surface area (TPSA) is 0 Å². The van der Waals surface area contributed by atoms with E-state index < -0.39 is 0 Å². The molecule has 70 heavy (non-hydrogen) atoms. The van der Waals surface area contributed by atoms with Gasteiger partial charge >= 0.3 is 0 Å². The van der Waals surface area contributed by atoms with E-state index in [1.54, 1.807) is 0 Å². The van der Waals surface area contributed by atoms with Crippen molar-refractivity contribution in [2.24, 2.45) is 124 Å². The summed E-state index contributed by atoms with van der Waals surface area (Å²) in [6.45, 7) is 49.9. The van der Waals surface area contributed by atoms with E-state index in [2.05, 4.69) is 145 Å². The zero-order valence-corrected chi connectivity index (χ0v) is 52.9. The normalized spacial score (nSPS) is 34.8. The molecule has 0 nitrogen and oxygen atoms in total. The monoisotopic (exact) mass is 981 g/mol. The van der Waals surface area contributed by atoms with Crippen molar-refractivity contribution in [3.8, 4) is 0 Å². The van der Waals surface area contributed by atoms with E-state index in [9.17, 15) is 0 Å². The second-order valence-corrected chi connectivity index (χ2v) is 29.9. The van der Waals surface area contributed by atoms with Crippen molar-refractivity contribution < 1.29 is 0 Å². The highest BCUT2D eigenvalue weighted by molar-refractivity contribution is 4.77. The Kier molecular flexibility index (Phi) is 37.4. The van der Waals surface area contributed by atoms with Crippen LogP contribution >= 0.6 is 0 Å². The van der Waals surface area contributed by atoms with Crippen LogP contribution in [0, 0.1) is 124 Å². The van der Waals surface area contributed by atoms with Crippen molar-refractivity contribution in [1.82, 2.24) is 0 Å². The fourth-order valence-electron chi connectivity index (χ4n) is 14.6. The van der Waals surface area contributed by atoms with Crippen molar-refractivity contribution in [2.75, 3.05) is 0 Å². The molecule has 7 fully saturated rings. The molecule has 0 spiro atoms. The molecule has 0 N–H and O–H groups in total. The fraction of sp³-hybridized carbons (Fsp3) is 1.00. The van der Waals surface area contributed by atoms with Crippen molar-refractivity contribution in [1.29, 1.82) is 0 Å². The first-order valence-corrected chi connectivity index (χ1v) is 32.9. The summed E-state index contributed by atoms with van der Waals surface area (Å²) in [5.74, 6) is 20.7. The zero-order chi connectivity index (χ0) is 52.9. The minimum atomic E-state index is 0.919. The lowest BCUT2D eigenvalue weighted by Gasteiger charge is -2.29. The summed E-state index contributed by atoms with van der Waals surface area (Å²) in [7, 11) is 0. The van der Waals surface area contributed by atoms with E-state index in [1.807, 2.05) is 0 Å². The molecule has 14 atom stereocenters. The third-order valence-corrected chi connectivity index (χ3v) is 20.4. The van der Waals surface area contributed by atoms with Crippen LogP contribution in [0.2, 0.25) is 0 Å². The predicted octanol–water partition coefficient (Wildman–Crippen LogP) is 24.3. The lowest BCUT2D eigenvalue weighted by molar-refractivity contribution is 0.226. The molecule has 0 saturated heterocycles. The van der Waals surface area contributed by atoms with Gasteiger partial charge in [-0.2, -0.15) is 0 Å². The minimum absolute atomic E-state index is 0.919. The maximum absolute atomic E-state index is 2.40. The van der Waals surface area contributed by atoms with E-state index in [4.69, 9.17) is 0 Å². The number of hydrogen-bond acceptors (Lipinski definition) is 0. The van der Waals surface area contributed by atoms with E-state index in [-0.39, 0.29) is 0 Å². The molecular weight excluding hydrogens is 841 g/mol. The Balaban J connectivity index is 0.000000408. The van der Waals surface area contributed by atoms with Gasteiger partial charge in [-0.15, -0.1) is 0 Å². The molecule has 0 aromatic heterocycles. The first kappa shape index (κ1) is 68.0. The molecular formula is C70H140. The van der Waals surface area contributed by atoms with E-state index in [0.717, 1.165) is 124 Å². The molecule has 0 bridgehead atoms. The van der Waals surface area contributed by atoms with Crippen LogP contribution in [-0.4, -0.2) is 0 Å². The molecule has 4 unspecified atom stereocenters. The molecule has 7 aliphatic rings. The van der Waals surface area contributed by atoms with Gasteiger partial charge in [-0.3, -0.25) is 0 Å². The highest BCUT2D eigenvalue weighted by Gasteiger charge is 2.26. The molecule has 0 heteroatoms. The zero-order valence-electron chi connectivity index (χ0n) is 52.9. The lowest BCUT2D eigenvalue weighted by Crippen LogP contribution is -2.17. The van der Waals surface area contributed by atoms with E-state index >= 15 is 0 Å². The van der Waals surface area contributed by atoms with E-state index in [0.29, 0.717) is 0 Å². The van der Waals surface area contributed by atoms with Crippen LogP contribution < -0.4 is 0 Å². The van der Waals surface area contributed by atoms with Crippen LogP contribution in [0.25, 0.3) is 0 Å². The summed E-state index contributed by atoms with van der Waals surface area (Å²) < 4.78 is 0. The molecule has 420 valence electrons. The van der Waals surface area contributed by atoms with Crippen LogP contribution in [0.5, 0.6) is 0 Å². The van der Waals surface area contributed by atoms with Gasteiger partial charge in [-0.05, 0) is 169 Å². The van der Waals surface area contributed by atoms with Gasteiger partial charge in [-0.1, -0.05) is 280 Å². The molecule has 7 aliphatic carbocycles. The SMILES string of the molecule is CC(C)[C@@H]1CCC[C@@H](C)C1.CC(C)[C@@H]1CCC[C@H](C)C1.CC(C)[C@H]1CCC[C@@H](C)C1.CC(C)[C@H]1CCC[C@H](C)C1.CC1CCCC(C(C)C)C1.CC1CCC[C@@H](C(C)C)C1.CC1CCC[C@H](C(C)C)C1. The highest BCUT2D eigenvalue weighted by Crippen LogP contribution is 2.38. The van der Waals surface area contributed by atoms with Crippen molar-refractivity contribution in [3.63, 3.8) is 0 Å². The van der Waals surface area contributed by atoms with Crippen LogP contribution in [0.1, 0.15) is 325 Å². The second-order valence-electron chi connectivity index (χ2n) is 29.9. The molecule has 0 amide bonds. The van der Waals surface area contributed by atoms with Gasteiger partial charge in [0.15, 0.2) is 0 Å².